The van der Waals surface area contributed by atoms with Crippen LogP contribution in [0.3, 0.4) is 0 Å². The highest BCUT2D eigenvalue weighted by atomic mass is 32.2. The van der Waals surface area contributed by atoms with Gasteiger partial charge < -0.3 is 11.5 Å². The van der Waals surface area contributed by atoms with Crippen molar-refractivity contribution in [3.05, 3.63) is 29.6 Å². The first-order chi connectivity index (χ1) is 8.67. The molecule has 4 N–H and O–H groups in total. The highest BCUT2D eigenvalue weighted by Crippen LogP contribution is 2.21. The maximum absolute atomic E-state index is 13.6. The summed E-state index contributed by atoms with van der Waals surface area (Å²) in [5, 5.41) is 0. The third-order valence-electron chi connectivity index (χ3n) is 2.29. The average Bonchev–Trinajstić information content (AvgIpc) is 2.26. The number of primary amides is 1. The van der Waals surface area contributed by atoms with E-state index in [2.05, 4.69) is 12.2 Å². The quantitative estimate of drug-likeness (QED) is 0.718. The Morgan fingerprint density at radius 1 is 1.42 bits per heavy atom. The average molecular weight is 305 g/mol. The highest BCUT2D eigenvalue weighted by Gasteiger charge is 2.27. The zero-order valence-corrected chi connectivity index (χ0v) is 11.6. The van der Waals surface area contributed by atoms with Crippen LogP contribution < -0.4 is 11.5 Å². The van der Waals surface area contributed by atoms with Gasteiger partial charge in [-0.1, -0.05) is 18.3 Å². The Balaban J connectivity index is 3.41. The lowest BCUT2D eigenvalue weighted by Gasteiger charge is -2.17. The second-order valence-corrected chi connectivity index (χ2v) is 6.16. The monoisotopic (exact) mass is 305 g/mol. The van der Waals surface area contributed by atoms with Crippen molar-refractivity contribution >= 4 is 33.1 Å². The van der Waals surface area contributed by atoms with Gasteiger partial charge in [0.1, 0.15) is 10.8 Å². The maximum Gasteiger partial charge on any atom is 0.244 e. The van der Waals surface area contributed by atoms with Gasteiger partial charge in [0.2, 0.25) is 15.9 Å². The van der Waals surface area contributed by atoms with Crippen molar-refractivity contribution in [3.8, 4) is 0 Å². The number of likely N-dealkylation sites (N-methyl/N-ethyl adjacent to an activating group) is 1. The van der Waals surface area contributed by atoms with Gasteiger partial charge in [-0.25, -0.2) is 12.8 Å². The first kappa shape index (κ1) is 15.5. The molecular weight excluding hydrogens is 293 g/mol. The summed E-state index contributed by atoms with van der Waals surface area (Å²) in [6, 6.07) is 3.41. The SMILES string of the molecule is CN(CC(N)=O)S(=O)(=O)c1cccc(F)c1C(N)=S. The molecule has 104 valence electrons. The minimum atomic E-state index is -4.11. The van der Waals surface area contributed by atoms with E-state index in [4.69, 9.17) is 11.5 Å². The number of benzene rings is 1. The summed E-state index contributed by atoms with van der Waals surface area (Å²) in [6.07, 6.45) is 0. The van der Waals surface area contributed by atoms with Gasteiger partial charge >= 0.3 is 0 Å². The zero-order valence-electron chi connectivity index (χ0n) is 9.96. The van der Waals surface area contributed by atoms with Crippen molar-refractivity contribution < 1.29 is 17.6 Å². The smallest absolute Gasteiger partial charge is 0.244 e. The van der Waals surface area contributed by atoms with Gasteiger partial charge in [0.05, 0.1) is 17.0 Å². The number of carbonyl (C=O) groups is 1. The van der Waals surface area contributed by atoms with Crippen molar-refractivity contribution in [2.75, 3.05) is 13.6 Å². The van der Waals surface area contributed by atoms with Crippen LogP contribution in [0.1, 0.15) is 5.56 Å². The van der Waals surface area contributed by atoms with Crippen molar-refractivity contribution in [1.29, 1.82) is 0 Å². The predicted octanol–water partition coefficient (Wildman–Crippen LogP) is -0.434. The molecule has 19 heavy (non-hydrogen) atoms. The Morgan fingerprint density at radius 2 is 2.00 bits per heavy atom. The number of amides is 1. The lowest BCUT2D eigenvalue weighted by atomic mass is 10.2. The Kier molecular flexibility index (Phi) is 4.56. The van der Waals surface area contributed by atoms with E-state index in [0.29, 0.717) is 4.31 Å². The fraction of sp³-hybridized carbons (Fsp3) is 0.200. The Hall–Kier alpha value is -1.58. The molecule has 1 aromatic rings. The largest absolute Gasteiger partial charge is 0.389 e. The van der Waals surface area contributed by atoms with Crippen molar-refractivity contribution in [1.82, 2.24) is 4.31 Å². The standard InChI is InChI=1S/C10H12FN3O3S2/c1-14(5-8(12)15)19(16,17)7-4-2-3-6(11)9(7)10(13)18/h2-4H,5H2,1H3,(H2,12,15)(H2,13,18). The second kappa shape index (κ2) is 5.59. The first-order valence-corrected chi connectivity index (χ1v) is 6.85. The van der Waals surface area contributed by atoms with Crippen molar-refractivity contribution in [2.45, 2.75) is 4.90 Å². The molecule has 0 atom stereocenters. The van der Waals surface area contributed by atoms with Crippen molar-refractivity contribution in [2.24, 2.45) is 11.5 Å². The topological polar surface area (TPSA) is 106 Å². The summed E-state index contributed by atoms with van der Waals surface area (Å²) >= 11 is 4.64. The molecule has 9 heteroatoms. The molecule has 0 spiro atoms. The van der Waals surface area contributed by atoms with E-state index in [9.17, 15) is 17.6 Å². The van der Waals surface area contributed by atoms with Crippen LogP contribution in [0.25, 0.3) is 0 Å². The molecule has 1 rings (SSSR count). The number of hydrogen-bond acceptors (Lipinski definition) is 4. The minimum absolute atomic E-state index is 0.381. The molecule has 0 saturated carbocycles. The van der Waals surface area contributed by atoms with E-state index in [1.165, 1.54) is 6.07 Å². The van der Waals surface area contributed by atoms with Gasteiger partial charge in [0.15, 0.2) is 0 Å². The van der Waals surface area contributed by atoms with Crippen molar-refractivity contribution in [3.63, 3.8) is 0 Å². The molecule has 0 aliphatic heterocycles. The molecule has 0 saturated heterocycles. The molecule has 0 radical (unpaired) electrons. The van der Waals surface area contributed by atoms with Gasteiger partial charge in [-0.3, -0.25) is 4.79 Å². The number of nitrogens with zero attached hydrogens (tertiary/aromatic N) is 1. The normalized spacial score (nSPS) is 11.5. The van der Waals surface area contributed by atoms with E-state index in [1.54, 1.807) is 0 Å². The van der Waals surface area contributed by atoms with Crippen LogP contribution in [0, 0.1) is 5.82 Å². The molecule has 0 heterocycles. The van der Waals surface area contributed by atoms with Gasteiger partial charge in [-0.2, -0.15) is 4.31 Å². The number of rotatable bonds is 5. The number of halogens is 1. The molecule has 0 fully saturated rings. The summed E-state index contributed by atoms with van der Waals surface area (Å²) in [5.41, 5.74) is 9.88. The Morgan fingerprint density at radius 3 is 2.47 bits per heavy atom. The van der Waals surface area contributed by atoms with Crippen LogP contribution in [0.5, 0.6) is 0 Å². The molecule has 1 amide bonds. The van der Waals surface area contributed by atoms with Crippen LogP contribution >= 0.6 is 12.2 Å². The third-order valence-corrected chi connectivity index (χ3v) is 4.34. The summed E-state index contributed by atoms with van der Waals surface area (Å²) in [5.74, 6) is -1.68. The van der Waals surface area contributed by atoms with Crippen LogP contribution in [-0.4, -0.2) is 37.2 Å². The number of carbonyl (C=O) groups excluding carboxylic acids is 1. The first-order valence-electron chi connectivity index (χ1n) is 5.01. The minimum Gasteiger partial charge on any atom is -0.389 e. The molecular formula is C10H12FN3O3S2. The molecule has 1 aromatic carbocycles. The maximum atomic E-state index is 13.6. The fourth-order valence-electron chi connectivity index (χ4n) is 1.43. The van der Waals surface area contributed by atoms with Crippen LogP contribution in [0.2, 0.25) is 0 Å². The Labute approximate surface area is 115 Å². The summed E-state index contributed by atoms with van der Waals surface area (Å²) < 4.78 is 38.7. The number of nitrogens with two attached hydrogens (primary N) is 2. The van der Waals surface area contributed by atoms with E-state index in [-0.39, 0.29) is 10.6 Å². The summed E-state index contributed by atoms with van der Waals surface area (Å²) in [6.45, 7) is -0.532. The molecule has 0 unspecified atom stereocenters. The number of hydrogen-bond donors (Lipinski definition) is 2. The highest BCUT2D eigenvalue weighted by molar-refractivity contribution is 7.89. The summed E-state index contributed by atoms with van der Waals surface area (Å²) in [7, 11) is -2.96. The second-order valence-electron chi connectivity index (χ2n) is 3.70. The van der Waals surface area contributed by atoms with Gasteiger partial charge in [-0.05, 0) is 12.1 Å². The predicted molar refractivity (Wildman–Crippen MR) is 71.3 cm³/mol. The van der Waals surface area contributed by atoms with E-state index in [1.807, 2.05) is 0 Å². The Bertz CT molecular complexity index is 631. The summed E-state index contributed by atoms with van der Waals surface area (Å²) in [4.78, 5) is 9.98. The molecule has 0 aliphatic rings. The lowest BCUT2D eigenvalue weighted by Crippen LogP contribution is -2.36. The third kappa shape index (κ3) is 3.25. The van der Waals surface area contributed by atoms with Gasteiger partial charge in [0.25, 0.3) is 0 Å². The van der Waals surface area contributed by atoms with E-state index >= 15 is 0 Å². The molecule has 0 aromatic heterocycles. The van der Waals surface area contributed by atoms with E-state index in [0.717, 1.165) is 19.2 Å². The van der Waals surface area contributed by atoms with E-state index < -0.39 is 33.2 Å². The van der Waals surface area contributed by atoms with Crippen LogP contribution in [0.4, 0.5) is 4.39 Å². The van der Waals surface area contributed by atoms with Gasteiger partial charge in [0, 0.05) is 7.05 Å². The number of thiocarbonyl (C=S) groups is 1. The fourth-order valence-corrected chi connectivity index (χ4v) is 3.05. The molecule has 6 nitrogen and oxygen atoms in total. The van der Waals surface area contributed by atoms with Crippen LogP contribution in [0.15, 0.2) is 23.1 Å². The molecule has 0 bridgehead atoms. The lowest BCUT2D eigenvalue weighted by molar-refractivity contribution is -0.118. The van der Waals surface area contributed by atoms with Gasteiger partial charge in [-0.15, -0.1) is 0 Å². The zero-order chi connectivity index (χ0) is 14.8. The molecule has 0 aliphatic carbocycles. The van der Waals surface area contributed by atoms with Crippen LogP contribution in [-0.2, 0) is 14.8 Å². The number of sulfonamides is 1.